The van der Waals surface area contributed by atoms with E-state index in [1.807, 2.05) is 24.3 Å². The number of nitrogens with zero attached hydrogens (tertiary/aromatic N) is 1. The Morgan fingerprint density at radius 1 is 1.00 bits per heavy atom. The van der Waals surface area contributed by atoms with Crippen LogP contribution in [0.25, 0.3) is 21.8 Å². The Balaban J connectivity index is 1.42. The number of aromatic nitrogens is 1. The van der Waals surface area contributed by atoms with Gasteiger partial charge in [0, 0.05) is 34.4 Å². The van der Waals surface area contributed by atoms with Crippen molar-refractivity contribution in [3.05, 3.63) is 48.5 Å². The fraction of sp³-hybridized carbons (Fsp3) is 0.409. The average molecular weight is 365 g/mol. The molecule has 2 aromatic carbocycles. The lowest BCUT2D eigenvalue weighted by Gasteiger charge is -2.23. The minimum Gasteiger partial charge on any atom is -0.389 e. The molecule has 3 N–H and O–H groups in total. The van der Waals surface area contributed by atoms with Gasteiger partial charge in [0.15, 0.2) is 0 Å². The molecular formula is C22H27N3O2. The summed E-state index contributed by atoms with van der Waals surface area (Å²) in [6.07, 6.45) is 5.08. The lowest BCUT2D eigenvalue weighted by atomic mass is 9.96. The van der Waals surface area contributed by atoms with Crippen molar-refractivity contribution in [1.29, 1.82) is 0 Å². The molecule has 1 aliphatic carbocycles. The SMILES string of the molecule is O=C(NCC(O)Cn1c2ccccc2c2ccccc21)NC1CCCCC1. The van der Waals surface area contributed by atoms with Crippen LogP contribution >= 0.6 is 0 Å². The molecule has 3 aromatic rings. The molecule has 0 saturated heterocycles. The number of hydrogen-bond acceptors (Lipinski definition) is 2. The van der Waals surface area contributed by atoms with Crippen LogP contribution in [0.4, 0.5) is 4.79 Å². The molecule has 1 atom stereocenters. The molecule has 27 heavy (non-hydrogen) atoms. The van der Waals surface area contributed by atoms with Crippen LogP contribution in [0.15, 0.2) is 48.5 Å². The number of amides is 2. The van der Waals surface area contributed by atoms with Crippen molar-refractivity contribution in [3.63, 3.8) is 0 Å². The molecule has 2 amide bonds. The highest BCUT2D eigenvalue weighted by Gasteiger charge is 2.17. The second-order valence-electron chi connectivity index (χ2n) is 7.49. The summed E-state index contributed by atoms with van der Waals surface area (Å²) in [5.74, 6) is 0. The zero-order valence-corrected chi connectivity index (χ0v) is 15.5. The topological polar surface area (TPSA) is 66.3 Å². The maximum absolute atomic E-state index is 12.1. The summed E-state index contributed by atoms with van der Waals surface area (Å²) < 4.78 is 2.13. The summed E-state index contributed by atoms with van der Waals surface area (Å²) in [7, 11) is 0. The number of carbonyl (C=O) groups is 1. The van der Waals surface area contributed by atoms with Crippen LogP contribution in [-0.4, -0.2) is 34.4 Å². The van der Waals surface area contributed by atoms with Gasteiger partial charge in [-0.25, -0.2) is 4.79 Å². The molecule has 1 aliphatic rings. The summed E-state index contributed by atoms with van der Waals surface area (Å²) >= 11 is 0. The van der Waals surface area contributed by atoms with E-state index in [2.05, 4.69) is 39.5 Å². The van der Waals surface area contributed by atoms with Gasteiger partial charge in [-0.1, -0.05) is 55.7 Å². The van der Waals surface area contributed by atoms with Crippen molar-refractivity contribution in [2.75, 3.05) is 6.54 Å². The zero-order chi connectivity index (χ0) is 18.6. The standard InChI is InChI=1S/C22H27N3O2/c26-17(14-23-22(27)24-16-8-2-1-3-9-16)15-25-20-12-6-4-10-18(20)19-11-5-7-13-21(19)25/h4-7,10-13,16-17,26H,1-3,8-9,14-15H2,(H2,23,24,27). The number of rotatable bonds is 5. The summed E-state index contributed by atoms with van der Waals surface area (Å²) in [5.41, 5.74) is 2.20. The monoisotopic (exact) mass is 365 g/mol. The number of nitrogens with one attached hydrogen (secondary N) is 2. The van der Waals surface area contributed by atoms with Gasteiger partial charge in [-0.2, -0.15) is 0 Å². The van der Waals surface area contributed by atoms with Gasteiger partial charge in [-0.05, 0) is 25.0 Å². The van der Waals surface area contributed by atoms with Crippen LogP contribution in [0.2, 0.25) is 0 Å². The Labute approximate surface area is 159 Å². The van der Waals surface area contributed by atoms with Crippen molar-refractivity contribution >= 4 is 27.8 Å². The third-order valence-corrected chi connectivity index (χ3v) is 5.51. The van der Waals surface area contributed by atoms with E-state index in [4.69, 9.17) is 0 Å². The highest BCUT2D eigenvalue weighted by atomic mass is 16.3. The van der Waals surface area contributed by atoms with Crippen molar-refractivity contribution < 1.29 is 9.90 Å². The number of benzene rings is 2. The molecule has 0 bridgehead atoms. The van der Waals surface area contributed by atoms with Crippen molar-refractivity contribution in [3.8, 4) is 0 Å². The van der Waals surface area contributed by atoms with Gasteiger partial charge < -0.3 is 20.3 Å². The fourth-order valence-corrected chi connectivity index (χ4v) is 4.17. The molecule has 1 saturated carbocycles. The van der Waals surface area contributed by atoms with Gasteiger partial charge in [0.05, 0.1) is 12.6 Å². The van der Waals surface area contributed by atoms with Gasteiger partial charge in [-0.15, -0.1) is 0 Å². The molecule has 5 heteroatoms. The van der Waals surface area contributed by atoms with Crippen molar-refractivity contribution in [1.82, 2.24) is 15.2 Å². The first-order chi connectivity index (χ1) is 13.2. The molecule has 5 nitrogen and oxygen atoms in total. The van der Waals surface area contributed by atoms with Crippen LogP contribution in [0.1, 0.15) is 32.1 Å². The van der Waals surface area contributed by atoms with Gasteiger partial charge in [0.1, 0.15) is 0 Å². The average Bonchev–Trinajstić information content (AvgIpc) is 3.01. The Morgan fingerprint density at radius 2 is 1.59 bits per heavy atom. The van der Waals surface area contributed by atoms with Crippen LogP contribution in [-0.2, 0) is 6.54 Å². The number of carbonyl (C=O) groups excluding carboxylic acids is 1. The summed E-state index contributed by atoms with van der Waals surface area (Å²) in [5, 5.41) is 18.7. The highest BCUT2D eigenvalue weighted by Crippen LogP contribution is 2.28. The molecule has 1 unspecified atom stereocenters. The molecule has 1 fully saturated rings. The largest absolute Gasteiger partial charge is 0.389 e. The number of urea groups is 1. The third kappa shape index (κ3) is 3.93. The second kappa shape index (κ2) is 8.01. The number of para-hydroxylation sites is 2. The smallest absolute Gasteiger partial charge is 0.315 e. The van der Waals surface area contributed by atoms with E-state index in [9.17, 15) is 9.90 Å². The first-order valence-electron chi connectivity index (χ1n) is 9.91. The maximum atomic E-state index is 12.1. The number of aliphatic hydroxyl groups excluding tert-OH is 1. The summed E-state index contributed by atoms with van der Waals surface area (Å²) in [4.78, 5) is 12.1. The molecule has 4 rings (SSSR count). The summed E-state index contributed by atoms with van der Waals surface area (Å²) in [6.45, 7) is 0.678. The van der Waals surface area contributed by atoms with Crippen molar-refractivity contribution in [2.24, 2.45) is 0 Å². The lowest BCUT2D eigenvalue weighted by molar-refractivity contribution is 0.153. The van der Waals surface area contributed by atoms with Gasteiger partial charge in [0.2, 0.25) is 0 Å². The molecule has 0 spiro atoms. The minimum absolute atomic E-state index is 0.178. The molecule has 1 heterocycles. The first-order valence-corrected chi connectivity index (χ1v) is 9.91. The molecular weight excluding hydrogens is 338 g/mol. The predicted octanol–water partition coefficient (Wildman–Crippen LogP) is 3.79. The van der Waals surface area contributed by atoms with E-state index in [-0.39, 0.29) is 18.6 Å². The Kier molecular flexibility index (Phi) is 5.30. The fourth-order valence-electron chi connectivity index (χ4n) is 4.17. The molecule has 0 radical (unpaired) electrons. The van der Waals surface area contributed by atoms with Crippen LogP contribution < -0.4 is 10.6 Å². The second-order valence-corrected chi connectivity index (χ2v) is 7.49. The molecule has 0 aliphatic heterocycles. The van der Waals surface area contributed by atoms with Crippen molar-refractivity contribution in [2.45, 2.75) is 50.8 Å². The number of aliphatic hydroxyl groups is 1. The highest BCUT2D eigenvalue weighted by molar-refractivity contribution is 6.07. The lowest BCUT2D eigenvalue weighted by Crippen LogP contribution is -2.45. The molecule has 1 aromatic heterocycles. The van der Waals surface area contributed by atoms with E-state index < -0.39 is 6.10 Å². The minimum atomic E-state index is -0.652. The molecule has 142 valence electrons. The van der Waals surface area contributed by atoms with Crippen LogP contribution in [0.3, 0.4) is 0 Å². The van der Waals surface area contributed by atoms with E-state index in [1.165, 1.54) is 30.0 Å². The quantitative estimate of drug-likeness (QED) is 0.644. The maximum Gasteiger partial charge on any atom is 0.315 e. The summed E-state index contributed by atoms with van der Waals surface area (Å²) in [6, 6.07) is 16.6. The van der Waals surface area contributed by atoms with Gasteiger partial charge >= 0.3 is 6.03 Å². The van der Waals surface area contributed by atoms with E-state index in [0.717, 1.165) is 23.9 Å². The zero-order valence-electron chi connectivity index (χ0n) is 15.5. The number of hydrogen-bond donors (Lipinski definition) is 3. The predicted molar refractivity (Wildman–Crippen MR) is 109 cm³/mol. The normalized spacial score (nSPS) is 16.5. The Bertz CT molecular complexity index is 874. The van der Waals surface area contributed by atoms with Gasteiger partial charge in [-0.3, -0.25) is 0 Å². The van der Waals surface area contributed by atoms with E-state index in [0.29, 0.717) is 6.54 Å². The van der Waals surface area contributed by atoms with E-state index in [1.54, 1.807) is 0 Å². The Morgan fingerprint density at radius 3 is 2.22 bits per heavy atom. The van der Waals surface area contributed by atoms with Gasteiger partial charge in [0.25, 0.3) is 0 Å². The number of fused-ring (bicyclic) bond motifs is 3. The first kappa shape index (κ1) is 17.9. The van der Waals surface area contributed by atoms with Crippen LogP contribution in [0, 0.1) is 0 Å². The Hall–Kier alpha value is -2.53. The third-order valence-electron chi connectivity index (χ3n) is 5.51. The van der Waals surface area contributed by atoms with Crippen LogP contribution in [0.5, 0.6) is 0 Å². The van der Waals surface area contributed by atoms with E-state index >= 15 is 0 Å².